The van der Waals surface area contributed by atoms with Gasteiger partial charge in [-0.15, -0.1) is 11.3 Å². The second-order valence-corrected chi connectivity index (χ2v) is 5.30. The van der Waals surface area contributed by atoms with E-state index >= 15 is 0 Å². The molecule has 2 heterocycles. The molecule has 4 nitrogen and oxygen atoms in total. The Balaban J connectivity index is 1.93. The first-order valence-corrected chi connectivity index (χ1v) is 6.53. The highest BCUT2D eigenvalue weighted by Crippen LogP contribution is 2.17. The Labute approximate surface area is 100 Å². The van der Waals surface area contributed by atoms with Crippen molar-refractivity contribution in [2.24, 2.45) is 5.73 Å². The molecule has 1 aromatic heterocycles. The fourth-order valence-electron chi connectivity index (χ4n) is 1.87. The van der Waals surface area contributed by atoms with Gasteiger partial charge in [-0.2, -0.15) is 0 Å². The fourth-order valence-corrected chi connectivity index (χ4v) is 2.69. The van der Waals surface area contributed by atoms with Gasteiger partial charge in [0.1, 0.15) is 0 Å². The van der Waals surface area contributed by atoms with Crippen LogP contribution in [0.4, 0.5) is 0 Å². The van der Waals surface area contributed by atoms with Crippen molar-refractivity contribution in [2.75, 3.05) is 19.7 Å². The Morgan fingerprint density at radius 1 is 1.75 bits per heavy atom. The molecule has 5 heteroatoms. The number of aryl methyl sites for hydroxylation is 1. The summed E-state index contributed by atoms with van der Waals surface area (Å²) in [4.78, 5) is 8.03. The van der Waals surface area contributed by atoms with E-state index in [1.165, 1.54) is 4.88 Å². The van der Waals surface area contributed by atoms with Gasteiger partial charge in [-0.25, -0.2) is 4.98 Å². The molecule has 1 saturated heterocycles. The van der Waals surface area contributed by atoms with E-state index in [1.807, 2.05) is 12.4 Å². The summed E-state index contributed by atoms with van der Waals surface area (Å²) in [6.07, 6.45) is 0.168. The van der Waals surface area contributed by atoms with E-state index < -0.39 is 0 Å². The number of nitrogens with zero attached hydrogens (tertiary/aromatic N) is 2. The van der Waals surface area contributed by atoms with Gasteiger partial charge in [0.05, 0.1) is 23.9 Å². The third kappa shape index (κ3) is 2.79. The van der Waals surface area contributed by atoms with Crippen LogP contribution in [0.3, 0.4) is 0 Å². The van der Waals surface area contributed by atoms with Gasteiger partial charge in [-0.1, -0.05) is 0 Å². The van der Waals surface area contributed by atoms with Crippen LogP contribution in [-0.4, -0.2) is 41.7 Å². The van der Waals surface area contributed by atoms with Crippen LogP contribution >= 0.6 is 11.3 Å². The molecule has 90 valence electrons. The van der Waals surface area contributed by atoms with Gasteiger partial charge in [-0.05, 0) is 13.8 Å². The summed E-state index contributed by atoms with van der Waals surface area (Å²) in [5, 5.41) is 0. The monoisotopic (exact) mass is 241 g/mol. The van der Waals surface area contributed by atoms with Crippen LogP contribution < -0.4 is 5.73 Å². The Kier molecular flexibility index (Phi) is 3.91. The van der Waals surface area contributed by atoms with Crippen LogP contribution in [0.5, 0.6) is 0 Å². The van der Waals surface area contributed by atoms with Gasteiger partial charge >= 0.3 is 0 Å². The third-order valence-electron chi connectivity index (χ3n) is 2.98. The van der Waals surface area contributed by atoms with E-state index in [1.54, 1.807) is 11.3 Å². The van der Waals surface area contributed by atoms with E-state index in [0.717, 1.165) is 31.9 Å². The predicted octanol–water partition coefficient (Wildman–Crippen LogP) is 1.000. The van der Waals surface area contributed by atoms with Crippen molar-refractivity contribution in [3.05, 3.63) is 16.1 Å². The second kappa shape index (κ2) is 5.23. The van der Waals surface area contributed by atoms with Crippen LogP contribution in [0.25, 0.3) is 0 Å². The third-order valence-corrected chi connectivity index (χ3v) is 3.90. The van der Waals surface area contributed by atoms with E-state index in [-0.39, 0.29) is 12.1 Å². The number of morpholine rings is 1. The highest BCUT2D eigenvalue weighted by Gasteiger charge is 2.23. The van der Waals surface area contributed by atoms with Gasteiger partial charge in [0.15, 0.2) is 0 Å². The lowest BCUT2D eigenvalue weighted by molar-refractivity contribution is -0.0401. The average molecular weight is 241 g/mol. The minimum absolute atomic E-state index is 0.102. The summed E-state index contributed by atoms with van der Waals surface area (Å²) < 4.78 is 5.64. The molecule has 1 aromatic rings. The zero-order valence-corrected chi connectivity index (χ0v) is 10.7. The molecule has 2 rings (SSSR count). The molecule has 16 heavy (non-hydrogen) atoms. The summed E-state index contributed by atoms with van der Waals surface area (Å²) in [6.45, 7) is 7.74. The number of hydrogen-bond donors (Lipinski definition) is 1. The molecule has 2 N–H and O–H groups in total. The maximum Gasteiger partial charge on any atom is 0.0850 e. The number of rotatable bonds is 3. The molecule has 1 aliphatic heterocycles. The standard InChI is InChI=1S/C11H19N3OS/c1-8(12)10-5-14(3-4-15-10)6-11-9(2)13-7-16-11/h7-8,10H,3-6,12H2,1-2H3. The molecular weight excluding hydrogens is 222 g/mol. The molecule has 0 radical (unpaired) electrons. The van der Waals surface area contributed by atoms with Crippen molar-refractivity contribution in [1.29, 1.82) is 0 Å². The molecule has 0 spiro atoms. The van der Waals surface area contributed by atoms with Crippen LogP contribution in [-0.2, 0) is 11.3 Å². The molecule has 1 fully saturated rings. The van der Waals surface area contributed by atoms with E-state index in [2.05, 4.69) is 16.8 Å². The summed E-state index contributed by atoms with van der Waals surface area (Å²) in [7, 11) is 0. The van der Waals surface area contributed by atoms with Gasteiger partial charge in [0, 0.05) is 30.6 Å². The minimum Gasteiger partial charge on any atom is -0.374 e. The lowest BCUT2D eigenvalue weighted by Crippen LogP contribution is -2.49. The molecule has 0 aromatic carbocycles. The van der Waals surface area contributed by atoms with Crippen molar-refractivity contribution in [3.8, 4) is 0 Å². The normalized spacial score (nSPS) is 24.6. The van der Waals surface area contributed by atoms with Gasteiger partial charge in [0.2, 0.25) is 0 Å². The SMILES string of the molecule is Cc1ncsc1CN1CCOC(C(C)N)C1. The van der Waals surface area contributed by atoms with Crippen LogP contribution in [0.15, 0.2) is 5.51 Å². The molecule has 1 aliphatic rings. The van der Waals surface area contributed by atoms with Gasteiger partial charge in [0.25, 0.3) is 0 Å². The van der Waals surface area contributed by atoms with E-state index in [9.17, 15) is 0 Å². The highest BCUT2D eigenvalue weighted by molar-refractivity contribution is 7.09. The zero-order valence-electron chi connectivity index (χ0n) is 9.85. The molecule has 2 unspecified atom stereocenters. The fraction of sp³-hybridized carbons (Fsp3) is 0.727. The van der Waals surface area contributed by atoms with Crippen molar-refractivity contribution in [1.82, 2.24) is 9.88 Å². The van der Waals surface area contributed by atoms with Gasteiger partial charge in [-0.3, -0.25) is 4.90 Å². The predicted molar refractivity (Wildman–Crippen MR) is 65.5 cm³/mol. The number of aromatic nitrogens is 1. The Hall–Kier alpha value is -0.490. The summed E-state index contributed by atoms with van der Waals surface area (Å²) in [6, 6.07) is 0.102. The largest absolute Gasteiger partial charge is 0.374 e. The summed E-state index contributed by atoms with van der Waals surface area (Å²) >= 11 is 1.73. The van der Waals surface area contributed by atoms with Crippen LogP contribution in [0, 0.1) is 6.92 Å². The maximum atomic E-state index is 5.87. The molecule has 0 bridgehead atoms. The summed E-state index contributed by atoms with van der Waals surface area (Å²) in [5.74, 6) is 0. The second-order valence-electron chi connectivity index (χ2n) is 4.36. The molecule has 2 atom stereocenters. The minimum atomic E-state index is 0.102. The topological polar surface area (TPSA) is 51.4 Å². The number of ether oxygens (including phenoxy) is 1. The highest BCUT2D eigenvalue weighted by atomic mass is 32.1. The maximum absolute atomic E-state index is 5.87. The molecule has 0 amide bonds. The van der Waals surface area contributed by atoms with Crippen LogP contribution in [0.1, 0.15) is 17.5 Å². The number of hydrogen-bond acceptors (Lipinski definition) is 5. The van der Waals surface area contributed by atoms with Crippen molar-refractivity contribution in [2.45, 2.75) is 32.5 Å². The van der Waals surface area contributed by atoms with Crippen molar-refractivity contribution in [3.63, 3.8) is 0 Å². The molecule has 0 aliphatic carbocycles. The smallest absolute Gasteiger partial charge is 0.0850 e. The quantitative estimate of drug-likeness (QED) is 0.858. The van der Waals surface area contributed by atoms with Crippen molar-refractivity contribution >= 4 is 11.3 Å². The first-order chi connectivity index (χ1) is 7.66. The first kappa shape index (κ1) is 12.0. The van der Waals surface area contributed by atoms with Crippen LogP contribution in [0.2, 0.25) is 0 Å². The van der Waals surface area contributed by atoms with Gasteiger partial charge < -0.3 is 10.5 Å². The Bertz CT molecular complexity index is 340. The molecule has 0 saturated carbocycles. The zero-order chi connectivity index (χ0) is 11.5. The number of nitrogens with two attached hydrogens (primary N) is 1. The Morgan fingerprint density at radius 2 is 2.56 bits per heavy atom. The first-order valence-electron chi connectivity index (χ1n) is 5.65. The van der Waals surface area contributed by atoms with Crippen molar-refractivity contribution < 1.29 is 4.74 Å². The van der Waals surface area contributed by atoms with E-state index in [4.69, 9.17) is 10.5 Å². The summed E-state index contributed by atoms with van der Waals surface area (Å²) in [5.41, 5.74) is 8.93. The Morgan fingerprint density at radius 3 is 3.19 bits per heavy atom. The molecular formula is C11H19N3OS. The number of thiazole rings is 1. The lowest BCUT2D eigenvalue weighted by atomic mass is 10.1. The lowest BCUT2D eigenvalue weighted by Gasteiger charge is -2.34. The average Bonchev–Trinajstić information content (AvgIpc) is 2.65. The van der Waals surface area contributed by atoms with E-state index in [0.29, 0.717) is 0 Å².